The van der Waals surface area contributed by atoms with Crippen molar-refractivity contribution in [2.75, 3.05) is 0 Å². The molecule has 0 saturated carbocycles. The highest BCUT2D eigenvalue weighted by Crippen LogP contribution is 2.27. The van der Waals surface area contributed by atoms with Crippen LogP contribution in [0.2, 0.25) is 0 Å². The molecule has 0 bridgehead atoms. The van der Waals surface area contributed by atoms with Crippen molar-refractivity contribution in [2.45, 2.75) is 26.4 Å². The van der Waals surface area contributed by atoms with E-state index in [1.807, 2.05) is 18.2 Å². The smallest absolute Gasteiger partial charge is 0.0833 e. The molecule has 3 aromatic rings. The van der Waals surface area contributed by atoms with Crippen molar-refractivity contribution in [3.8, 4) is 0 Å². The van der Waals surface area contributed by atoms with Gasteiger partial charge in [-0.05, 0) is 46.9 Å². The van der Waals surface area contributed by atoms with E-state index in [1.165, 1.54) is 27.5 Å². The number of rotatable bonds is 3. The normalized spacial score (nSPS) is 12.5. The molecule has 3 aromatic carbocycles. The lowest BCUT2D eigenvalue weighted by atomic mass is 9.93. The Morgan fingerprint density at radius 1 is 0.857 bits per heavy atom. The van der Waals surface area contributed by atoms with E-state index in [0.29, 0.717) is 6.42 Å². The van der Waals surface area contributed by atoms with Crippen LogP contribution in [0.25, 0.3) is 10.8 Å². The van der Waals surface area contributed by atoms with Gasteiger partial charge in [-0.1, -0.05) is 60.7 Å². The summed E-state index contributed by atoms with van der Waals surface area (Å²) < 4.78 is 0. The number of aliphatic hydroxyl groups is 1. The Balaban J connectivity index is 1.97. The molecule has 0 fully saturated rings. The van der Waals surface area contributed by atoms with Crippen molar-refractivity contribution >= 4 is 10.8 Å². The van der Waals surface area contributed by atoms with Crippen LogP contribution >= 0.6 is 0 Å². The zero-order chi connectivity index (χ0) is 14.8. The molecule has 1 nitrogen and oxygen atoms in total. The van der Waals surface area contributed by atoms with Crippen LogP contribution in [-0.2, 0) is 6.42 Å². The molecule has 1 unspecified atom stereocenters. The van der Waals surface area contributed by atoms with Crippen molar-refractivity contribution in [1.82, 2.24) is 0 Å². The van der Waals surface area contributed by atoms with Crippen molar-refractivity contribution in [3.05, 3.63) is 82.9 Å². The average Bonchev–Trinajstić information content (AvgIpc) is 2.50. The van der Waals surface area contributed by atoms with Gasteiger partial charge in [0.25, 0.3) is 0 Å². The Morgan fingerprint density at radius 2 is 1.57 bits per heavy atom. The Hall–Kier alpha value is -2.12. The third-order valence-corrected chi connectivity index (χ3v) is 4.30. The summed E-state index contributed by atoms with van der Waals surface area (Å²) in [5, 5.41) is 13.1. The molecule has 0 amide bonds. The summed E-state index contributed by atoms with van der Waals surface area (Å²) in [7, 11) is 0. The molecular formula is C20H20O. The summed E-state index contributed by atoms with van der Waals surface area (Å²) >= 11 is 0. The first-order valence-corrected chi connectivity index (χ1v) is 7.37. The third kappa shape index (κ3) is 2.70. The maximum absolute atomic E-state index is 10.6. The van der Waals surface area contributed by atoms with Gasteiger partial charge in [-0.25, -0.2) is 0 Å². The Labute approximate surface area is 125 Å². The third-order valence-electron chi connectivity index (χ3n) is 4.30. The van der Waals surface area contributed by atoms with Gasteiger partial charge in [0, 0.05) is 6.42 Å². The lowest BCUT2D eigenvalue weighted by molar-refractivity contribution is 0.178. The van der Waals surface area contributed by atoms with Crippen LogP contribution in [0.1, 0.15) is 28.4 Å². The van der Waals surface area contributed by atoms with E-state index in [9.17, 15) is 5.11 Å². The van der Waals surface area contributed by atoms with Gasteiger partial charge in [0.15, 0.2) is 0 Å². The Kier molecular flexibility index (Phi) is 3.76. The highest BCUT2D eigenvalue weighted by Gasteiger charge is 2.13. The van der Waals surface area contributed by atoms with Gasteiger partial charge in [0.1, 0.15) is 0 Å². The van der Waals surface area contributed by atoms with Crippen LogP contribution in [0.4, 0.5) is 0 Å². The molecule has 21 heavy (non-hydrogen) atoms. The first-order valence-electron chi connectivity index (χ1n) is 7.37. The Bertz CT molecular complexity index is 768. The molecule has 1 atom stereocenters. The first kappa shape index (κ1) is 13.8. The number of aryl methyl sites for hydroxylation is 1. The largest absolute Gasteiger partial charge is 0.388 e. The van der Waals surface area contributed by atoms with Gasteiger partial charge >= 0.3 is 0 Å². The monoisotopic (exact) mass is 276 g/mol. The van der Waals surface area contributed by atoms with Gasteiger partial charge in [0.2, 0.25) is 0 Å². The van der Waals surface area contributed by atoms with Gasteiger partial charge in [-0.15, -0.1) is 0 Å². The topological polar surface area (TPSA) is 20.2 Å². The fraction of sp³-hybridized carbons (Fsp3) is 0.200. The minimum Gasteiger partial charge on any atom is -0.388 e. The molecule has 0 saturated heterocycles. The molecule has 0 aromatic heterocycles. The zero-order valence-electron chi connectivity index (χ0n) is 12.5. The van der Waals surface area contributed by atoms with E-state index in [2.05, 4.69) is 56.3 Å². The van der Waals surface area contributed by atoms with Gasteiger partial charge in [-0.2, -0.15) is 0 Å². The average molecular weight is 276 g/mol. The fourth-order valence-electron chi connectivity index (χ4n) is 2.92. The van der Waals surface area contributed by atoms with Gasteiger partial charge < -0.3 is 5.11 Å². The Morgan fingerprint density at radius 3 is 2.43 bits per heavy atom. The van der Waals surface area contributed by atoms with E-state index in [-0.39, 0.29) is 0 Å². The molecule has 0 radical (unpaired) electrons. The molecule has 0 heterocycles. The lowest BCUT2D eigenvalue weighted by Crippen LogP contribution is -2.05. The van der Waals surface area contributed by atoms with Crippen molar-refractivity contribution in [2.24, 2.45) is 0 Å². The van der Waals surface area contributed by atoms with Crippen LogP contribution in [-0.4, -0.2) is 5.11 Å². The number of fused-ring (bicyclic) bond motifs is 1. The maximum atomic E-state index is 10.6. The second-order valence-corrected chi connectivity index (χ2v) is 5.65. The van der Waals surface area contributed by atoms with Gasteiger partial charge in [-0.3, -0.25) is 0 Å². The van der Waals surface area contributed by atoms with Crippen molar-refractivity contribution in [3.63, 3.8) is 0 Å². The van der Waals surface area contributed by atoms with E-state index in [4.69, 9.17) is 0 Å². The SMILES string of the molecule is Cc1cccc(C(O)Cc2cccc3ccccc23)c1C. The minimum absolute atomic E-state index is 0.462. The highest BCUT2D eigenvalue weighted by molar-refractivity contribution is 5.85. The standard InChI is InChI=1S/C20H20O/c1-14-7-5-12-18(15(14)2)20(21)13-17-10-6-9-16-8-3-4-11-19(16)17/h3-12,20-21H,13H2,1-2H3. The highest BCUT2D eigenvalue weighted by atomic mass is 16.3. The number of hydrogen-bond donors (Lipinski definition) is 1. The summed E-state index contributed by atoms with van der Waals surface area (Å²) in [6, 6.07) is 20.8. The van der Waals surface area contributed by atoms with Gasteiger partial charge in [0.05, 0.1) is 6.10 Å². The van der Waals surface area contributed by atoms with Crippen LogP contribution in [0.3, 0.4) is 0 Å². The quantitative estimate of drug-likeness (QED) is 0.733. The zero-order valence-corrected chi connectivity index (χ0v) is 12.5. The van der Waals surface area contributed by atoms with E-state index in [1.54, 1.807) is 0 Å². The molecule has 0 aliphatic carbocycles. The summed E-state index contributed by atoms with van der Waals surface area (Å²) in [6.07, 6.45) is 0.182. The van der Waals surface area contributed by atoms with E-state index < -0.39 is 6.10 Å². The summed E-state index contributed by atoms with van der Waals surface area (Å²) in [5.41, 5.74) is 4.64. The predicted octanol–water partition coefficient (Wildman–Crippen LogP) is 4.73. The molecule has 3 rings (SSSR count). The molecule has 106 valence electrons. The van der Waals surface area contributed by atoms with E-state index >= 15 is 0 Å². The van der Waals surface area contributed by atoms with Crippen molar-refractivity contribution in [1.29, 1.82) is 0 Å². The van der Waals surface area contributed by atoms with Crippen LogP contribution < -0.4 is 0 Å². The summed E-state index contributed by atoms with van der Waals surface area (Å²) in [5.74, 6) is 0. The molecule has 0 aliphatic rings. The molecule has 1 heteroatoms. The number of benzene rings is 3. The maximum Gasteiger partial charge on any atom is 0.0833 e. The molecular weight excluding hydrogens is 256 g/mol. The van der Waals surface area contributed by atoms with Crippen LogP contribution in [0.15, 0.2) is 60.7 Å². The van der Waals surface area contributed by atoms with Crippen LogP contribution in [0.5, 0.6) is 0 Å². The van der Waals surface area contributed by atoms with Crippen LogP contribution in [0, 0.1) is 13.8 Å². The molecule has 0 spiro atoms. The fourth-order valence-corrected chi connectivity index (χ4v) is 2.92. The number of hydrogen-bond acceptors (Lipinski definition) is 1. The minimum atomic E-state index is -0.462. The molecule has 1 N–H and O–H groups in total. The van der Waals surface area contributed by atoms with Crippen molar-refractivity contribution < 1.29 is 5.11 Å². The lowest BCUT2D eigenvalue weighted by Gasteiger charge is -2.16. The number of aliphatic hydroxyl groups excluding tert-OH is 1. The summed E-state index contributed by atoms with van der Waals surface area (Å²) in [6.45, 7) is 4.17. The first-order chi connectivity index (χ1) is 10.2. The predicted molar refractivity (Wildman–Crippen MR) is 88.5 cm³/mol. The second kappa shape index (κ2) is 5.71. The molecule has 0 aliphatic heterocycles. The summed E-state index contributed by atoms with van der Waals surface area (Å²) in [4.78, 5) is 0. The van der Waals surface area contributed by atoms with E-state index in [0.717, 1.165) is 5.56 Å². The second-order valence-electron chi connectivity index (χ2n) is 5.65.